The van der Waals surface area contributed by atoms with Crippen molar-refractivity contribution in [3.8, 4) is 0 Å². The average Bonchev–Trinajstić information content (AvgIpc) is 2.87. The summed E-state index contributed by atoms with van der Waals surface area (Å²) in [7, 11) is -4.17. The molecule has 0 amide bonds. The van der Waals surface area contributed by atoms with Crippen LogP contribution in [0.2, 0.25) is 0 Å². The SMILES string of the molecule is CC1CN(CCN2c3cccc(F)c3N(c3ccccc3F)S2(=O)=O)CC(C)N1.Cl. The Morgan fingerprint density at radius 1 is 0.933 bits per heavy atom. The lowest BCUT2D eigenvalue weighted by Gasteiger charge is -2.36. The zero-order chi connectivity index (χ0) is 20.8. The van der Waals surface area contributed by atoms with Crippen LogP contribution >= 0.6 is 12.4 Å². The van der Waals surface area contributed by atoms with Crippen LogP contribution < -0.4 is 13.9 Å². The Hall–Kier alpha value is -1.94. The van der Waals surface area contributed by atoms with Crippen molar-refractivity contribution in [3.63, 3.8) is 0 Å². The number of nitrogens with one attached hydrogen (secondary N) is 1. The highest BCUT2D eigenvalue weighted by Gasteiger charge is 2.44. The van der Waals surface area contributed by atoms with E-state index in [1.54, 1.807) is 6.07 Å². The Kier molecular flexibility index (Phi) is 6.57. The molecule has 2 aromatic rings. The Labute approximate surface area is 182 Å². The van der Waals surface area contributed by atoms with E-state index in [0.717, 1.165) is 23.5 Å². The molecule has 1 N–H and O–H groups in total. The highest BCUT2D eigenvalue weighted by atomic mass is 35.5. The first-order valence-electron chi connectivity index (χ1n) is 9.63. The van der Waals surface area contributed by atoms with Gasteiger partial charge in [0.2, 0.25) is 0 Å². The van der Waals surface area contributed by atoms with Crippen LogP contribution in [0.5, 0.6) is 0 Å². The Morgan fingerprint density at radius 3 is 2.20 bits per heavy atom. The molecular formula is C20H25ClF2N4O2S. The minimum Gasteiger partial charge on any atom is -0.309 e. The van der Waals surface area contributed by atoms with E-state index in [1.165, 1.54) is 34.6 Å². The second kappa shape index (κ2) is 8.66. The van der Waals surface area contributed by atoms with Gasteiger partial charge in [0.25, 0.3) is 0 Å². The van der Waals surface area contributed by atoms with Gasteiger partial charge < -0.3 is 5.32 Å². The molecule has 0 bridgehead atoms. The van der Waals surface area contributed by atoms with Crippen molar-refractivity contribution < 1.29 is 17.2 Å². The molecule has 0 spiro atoms. The zero-order valence-electron chi connectivity index (χ0n) is 16.8. The van der Waals surface area contributed by atoms with Gasteiger partial charge >= 0.3 is 10.2 Å². The van der Waals surface area contributed by atoms with Gasteiger partial charge in [-0.05, 0) is 38.1 Å². The second-order valence-corrected chi connectivity index (χ2v) is 9.33. The van der Waals surface area contributed by atoms with Crippen molar-refractivity contribution in [2.45, 2.75) is 25.9 Å². The minimum atomic E-state index is -4.17. The van der Waals surface area contributed by atoms with Crippen LogP contribution in [-0.4, -0.2) is 51.6 Å². The van der Waals surface area contributed by atoms with Crippen LogP contribution in [-0.2, 0) is 10.2 Å². The topological polar surface area (TPSA) is 55.9 Å². The fourth-order valence-electron chi connectivity index (χ4n) is 4.20. The molecule has 6 nitrogen and oxygen atoms in total. The van der Waals surface area contributed by atoms with Crippen LogP contribution in [0.4, 0.5) is 25.8 Å². The quantitative estimate of drug-likeness (QED) is 0.764. The van der Waals surface area contributed by atoms with E-state index in [-0.39, 0.29) is 36.0 Å². The van der Waals surface area contributed by atoms with E-state index in [2.05, 4.69) is 24.1 Å². The number of para-hydroxylation sites is 2. The molecule has 0 radical (unpaired) electrons. The molecule has 10 heteroatoms. The third-order valence-corrected chi connectivity index (χ3v) is 7.05. The Balaban J connectivity index is 0.00000256. The smallest absolute Gasteiger partial charge is 0.309 e. The molecule has 2 unspecified atom stereocenters. The Morgan fingerprint density at radius 2 is 1.53 bits per heavy atom. The molecule has 0 aliphatic carbocycles. The molecule has 0 saturated carbocycles. The van der Waals surface area contributed by atoms with Gasteiger partial charge in [0, 0.05) is 38.3 Å². The fraction of sp³-hybridized carbons (Fsp3) is 0.400. The van der Waals surface area contributed by atoms with Crippen LogP contribution in [0.15, 0.2) is 42.5 Å². The van der Waals surface area contributed by atoms with Gasteiger partial charge in [-0.25, -0.2) is 17.4 Å². The summed E-state index contributed by atoms with van der Waals surface area (Å²) in [6.07, 6.45) is 0. The minimum absolute atomic E-state index is 0. The third kappa shape index (κ3) is 3.99. The van der Waals surface area contributed by atoms with E-state index >= 15 is 0 Å². The summed E-state index contributed by atoms with van der Waals surface area (Å²) in [5, 5.41) is 3.44. The van der Waals surface area contributed by atoms with Crippen molar-refractivity contribution in [1.82, 2.24) is 10.2 Å². The number of halogens is 3. The van der Waals surface area contributed by atoms with Gasteiger partial charge in [0.1, 0.15) is 17.3 Å². The van der Waals surface area contributed by atoms with E-state index < -0.39 is 21.8 Å². The fourth-order valence-corrected chi connectivity index (χ4v) is 5.91. The second-order valence-electron chi connectivity index (χ2n) is 7.63. The van der Waals surface area contributed by atoms with Crippen molar-refractivity contribution in [3.05, 3.63) is 54.1 Å². The number of nitrogens with zero attached hydrogens (tertiary/aromatic N) is 3. The van der Waals surface area contributed by atoms with Gasteiger partial charge in [0.15, 0.2) is 0 Å². The summed E-state index contributed by atoms with van der Waals surface area (Å²) in [5.74, 6) is -1.43. The molecule has 2 aliphatic rings. The predicted octanol–water partition coefficient (Wildman–Crippen LogP) is 3.27. The first-order valence-corrected chi connectivity index (χ1v) is 11.0. The molecule has 2 atom stereocenters. The molecule has 2 aliphatic heterocycles. The van der Waals surface area contributed by atoms with Crippen LogP contribution in [0.1, 0.15) is 13.8 Å². The molecule has 164 valence electrons. The normalized spacial score (nSPS) is 23.2. The number of piperazine rings is 1. The number of hydrogen-bond acceptors (Lipinski definition) is 4. The molecule has 2 aromatic carbocycles. The van der Waals surface area contributed by atoms with Gasteiger partial charge in [-0.15, -0.1) is 12.4 Å². The Bertz CT molecular complexity index is 1010. The summed E-state index contributed by atoms with van der Waals surface area (Å²) in [5.41, 5.74) is -0.102. The molecule has 4 rings (SSSR count). The van der Waals surface area contributed by atoms with Crippen molar-refractivity contribution >= 4 is 39.7 Å². The standard InChI is InChI=1S/C20H24F2N4O2S.ClH/c1-14-12-24(13-15(2)23-14)10-11-25-19-9-5-7-17(22)20(19)26(29(25,27)28)18-8-4-3-6-16(18)21;/h3-9,14-15,23H,10-13H2,1-2H3;1H. The van der Waals surface area contributed by atoms with Gasteiger partial charge in [-0.3, -0.25) is 4.90 Å². The number of fused-ring (bicyclic) bond motifs is 1. The average molecular weight is 459 g/mol. The third-order valence-electron chi connectivity index (χ3n) is 5.27. The van der Waals surface area contributed by atoms with Crippen LogP contribution in [0, 0.1) is 11.6 Å². The van der Waals surface area contributed by atoms with Crippen LogP contribution in [0.3, 0.4) is 0 Å². The summed E-state index contributed by atoms with van der Waals surface area (Å²) in [6, 6.07) is 10.3. The molecule has 1 saturated heterocycles. The summed E-state index contributed by atoms with van der Waals surface area (Å²) < 4.78 is 57.8. The first-order chi connectivity index (χ1) is 13.8. The maximum Gasteiger partial charge on any atom is 0.331 e. The monoisotopic (exact) mass is 458 g/mol. The summed E-state index contributed by atoms with van der Waals surface area (Å²) >= 11 is 0. The maximum atomic E-state index is 14.7. The van der Waals surface area contributed by atoms with E-state index in [9.17, 15) is 17.2 Å². The lowest BCUT2D eigenvalue weighted by atomic mass is 10.1. The zero-order valence-corrected chi connectivity index (χ0v) is 18.4. The largest absolute Gasteiger partial charge is 0.331 e. The highest BCUT2D eigenvalue weighted by molar-refractivity contribution is 7.95. The van der Waals surface area contributed by atoms with E-state index in [1.807, 2.05) is 0 Å². The van der Waals surface area contributed by atoms with E-state index in [4.69, 9.17) is 0 Å². The number of anilines is 3. The number of rotatable bonds is 4. The predicted molar refractivity (Wildman–Crippen MR) is 117 cm³/mol. The van der Waals surface area contributed by atoms with Crippen molar-refractivity contribution in [2.24, 2.45) is 0 Å². The van der Waals surface area contributed by atoms with Crippen molar-refractivity contribution in [1.29, 1.82) is 0 Å². The van der Waals surface area contributed by atoms with Crippen LogP contribution in [0.25, 0.3) is 0 Å². The van der Waals surface area contributed by atoms with E-state index in [0.29, 0.717) is 18.6 Å². The highest BCUT2D eigenvalue weighted by Crippen LogP contribution is 2.47. The van der Waals surface area contributed by atoms with Gasteiger partial charge in [-0.1, -0.05) is 18.2 Å². The molecule has 30 heavy (non-hydrogen) atoms. The van der Waals surface area contributed by atoms with Crippen molar-refractivity contribution in [2.75, 3.05) is 34.8 Å². The summed E-state index contributed by atoms with van der Waals surface area (Å²) in [4.78, 5) is 2.19. The number of hydrogen-bond donors (Lipinski definition) is 1. The van der Waals surface area contributed by atoms with Gasteiger partial charge in [0.05, 0.1) is 11.4 Å². The molecule has 2 heterocycles. The maximum absolute atomic E-state index is 14.7. The number of benzene rings is 2. The summed E-state index contributed by atoms with van der Waals surface area (Å²) in [6.45, 7) is 6.41. The first kappa shape index (κ1) is 22.7. The molecule has 1 fully saturated rings. The molecular weight excluding hydrogens is 434 g/mol. The van der Waals surface area contributed by atoms with Gasteiger partial charge in [-0.2, -0.15) is 8.42 Å². The lowest BCUT2D eigenvalue weighted by Crippen LogP contribution is -2.55. The lowest BCUT2D eigenvalue weighted by molar-refractivity contribution is 0.178. The molecule has 0 aromatic heterocycles.